The van der Waals surface area contributed by atoms with E-state index >= 15 is 0 Å². The van der Waals surface area contributed by atoms with Crippen LogP contribution in [0.1, 0.15) is 50.9 Å². The summed E-state index contributed by atoms with van der Waals surface area (Å²) < 4.78 is 28.7. The van der Waals surface area contributed by atoms with Gasteiger partial charge in [-0.3, -0.25) is 9.48 Å². The molecule has 2 fully saturated rings. The van der Waals surface area contributed by atoms with E-state index in [0.717, 1.165) is 46.7 Å². The monoisotopic (exact) mass is 479 g/mol. The fourth-order valence-electron chi connectivity index (χ4n) is 5.53. The number of anilines is 2. The minimum absolute atomic E-state index is 0.0968. The van der Waals surface area contributed by atoms with E-state index in [1.54, 1.807) is 17.1 Å². The van der Waals surface area contributed by atoms with Gasteiger partial charge in [0, 0.05) is 30.7 Å². The number of nitrogens with one attached hydrogen (secondary N) is 1. The standard InChI is InChI=1S/C25H27F2N7O/c1-13-7-18-17(23(28)30-13)4-5-21(18)32-24(35)16-8-29-34(10-16)9-15-3-6-22(31-14(15)2)33-11-19-20(12-33)25(19,26)27/h3,6-8,10,19-21H,4-5,9,11-12H2,1-2H3,(H2,28,30)(H,32,35). The molecule has 35 heavy (non-hydrogen) atoms. The van der Waals surface area contributed by atoms with Gasteiger partial charge in [0.05, 0.1) is 36.2 Å². The third-order valence-electron chi connectivity index (χ3n) is 7.61. The van der Waals surface area contributed by atoms with Gasteiger partial charge in [0.15, 0.2) is 0 Å². The zero-order chi connectivity index (χ0) is 24.5. The van der Waals surface area contributed by atoms with Crippen LogP contribution in [-0.2, 0) is 13.0 Å². The number of hydrogen-bond donors (Lipinski definition) is 2. The molecule has 0 bridgehead atoms. The predicted molar refractivity (Wildman–Crippen MR) is 126 cm³/mol. The Morgan fingerprint density at radius 3 is 2.74 bits per heavy atom. The van der Waals surface area contributed by atoms with Crippen molar-refractivity contribution in [2.24, 2.45) is 11.8 Å². The van der Waals surface area contributed by atoms with Gasteiger partial charge in [-0.15, -0.1) is 0 Å². The van der Waals surface area contributed by atoms with E-state index in [4.69, 9.17) is 5.73 Å². The average molecular weight is 480 g/mol. The lowest BCUT2D eigenvalue weighted by molar-refractivity contribution is 0.0796. The number of fused-ring (bicyclic) bond motifs is 2. The van der Waals surface area contributed by atoms with Crippen LogP contribution in [0.25, 0.3) is 0 Å². The Balaban J connectivity index is 1.11. The summed E-state index contributed by atoms with van der Waals surface area (Å²) in [6.07, 6.45) is 4.87. The topological polar surface area (TPSA) is 102 Å². The second-order valence-electron chi connectivity index (χ2n) is 9.91. The summed E-state index contributed by atoms with van der Waals surface area (Å²) in [5.74, 6) is -2.48. The van der Waals surface area contributed by atoms with E-state index in [2.05, 4.69) is 20.4 Å². The molecule has 3 N–H and O–H groups in total. The maximum absolute atomic E-state index is 13.5. The maximum Gasteiger partial charge on any atom is 0.258 e. The molecule has 3 aromatic heterocycles. The first-order valence-electron chi connectivity index (χ1n) is 11.9. The van der Waals surface area contributed by atoms with Crippen LogP contribution in [0, 0.1) is 25.7 Å². The number of piperidine rings is 1. The van der Waals surface area contributed by atoms with Gasteiger partial charge >= 0.3 is 0 Å². The van der Waals surface area contributed by atoms with Gasteiger partial charge in [-0.25, -0.2) is 18.7 Å². The molecule has 0 aromatic carbocycles. The number of carbonyl (C=O) groups is 1. The molecule has 6 rings (SSSR count). The van der Waals surface area contributed by atoms with Crippen molar-refractivity contribution in [3.05, 3.63) is 64.2 Å². The number of carbonyl (C=O) groups excluding carboxylic acids is 1. The SMILES string of the molecule is Cc1cc2c(c(N)n1)CCC2NC(=O)c1cnn(Cc2ccc(N3CC4C(C3)C4(F)F)nc2C)c1. The predicted octanol–water partition coefficient (Wildman–Crippen LogP) is 3.04. The van der Waals surface area contributed by atoms with Crippen LogP contribution in [0.2, 0.25) is 0 Å². The lowest BCUT2D eigenvalue weighted by Gasteiger charge is -2.21. The molecule has 3 aromatic rings. The molecule has 0 radical (unpaired) electrons. The lowest BCUT2D eigenvalue weighted by Crippen LogP contribution is -2.28. The van der Waals surface area contributed by atoms with E-state index in [9.17, 15) is 13.6 Å². The normalized spacial score (nSPS) is 23.8. The molecule has 4 heterocycles. The Labute approximate surface area is 201 Å². The number of nitrogens with zero attached hydrogens (tertiary/aromatic N) is 5. The number of pyridine rings is 2. The molecule has 182 valence electrons. The highest BCUT2D eigenvalue weighted by molar-refractivity contribution is 5.94. The minimum atomic E-state index is -2.50. The number of nitrogen functional groups attached to an aromatic ring is 1. The molecule has 8 nitrogen and oxygen atoms in total. The molecule has 3 aliphatic rings. The van der Waals surface area contributed by atoms with Crippen LogP contribution in [0.15, 0.2) is 30.6 Å². The Morgan fingerprint density at radius 2 is 2.00 bits per heavy atom. The number of aryl methyl sites for hydroxylation is 2. The molecule has 3 atom stereocenters. The second-order valence-corrected chi connectivity index (χ2v) is 9.91. The number of amides is 1. The van der Waals surface area contributed by atoms with E-state index in [-0.39, 0.29) is 11.9 Å². The number of hydrogen-bond acceptors (Lipinski definition) is 6. The number of halogens is 2. The van der Waals surface area contributed by atoms with Crippen molar-refractivity contribution in [2.75, 3.05) is 23.7 Å². The first-order chi connectivity index (χ1) is 16.7. The summed E-state index contributed by atoms with van der Waals surface area (Å²) >= 11 is 0. The van der Waals surface area contributed by atoms with Gasteiger partial charge in [0.25, 0.3) is 11.8 Å². The molecular weight excluding hydrogens is 452 g/mol. The highest BCUT2D eigenvalue weighted by Crippen LogP contribution is 2.59. The largest absolute Gasteiger partial charge is 0.383 e. The highest BCUT2D eigenvalue weighted by atomic mass is 19.3. The molecule has 0 spiro atoms. The van der Waals surface area contributed by atoms with Gasteiger partial charge in [-0.05, 0) is 55.5 Å². The van der Waals surface area contributed by atoms with Gasteiger partial charge in [-0.1, -0.05) is 6.07 Å². The summed E-state index contributed by atoms with van der Waals surface area (Å²) in [7, 11) is 0. The van der Waals surface area contributed by atoms with E-state index in [1.807, 2.05) is 36.9 Å². The Morgan fingerprint density at radius 1 is 1.23 bits per heavy atom. The molecule has 3 unspecified atom stereocenters. The van der Waals surface area contributed by atoms with E-state index < -0.39 is 17.8 Å². The van der Waals surface area contributed by atoms with Gasteiger partial charge in [0.1, 0.15) is 11.6 Å². The van der Waals surface area contributed by atoms with Gasteiger partial charge in [-0.2, -0.15) is 5.10 Å². The lowest BCUT2D eigenvalue weighted by atomic mass is 10.1. The fraction of sp³-hybridized carbons (Fsp3) is 0.440. The molecule has 1 saturated heterocycles. The summed E-state index contributed by atoms with van der Waals surface area (Å²) in [4.78, 5) is 23.8. The van der Waals surface area contributed by atoms with Crippen LogP contribution >= 0.6 is 0 Å². The summed E-state index contributed by atoms with van der Waals surface area (Å²) in [6.45, 7) is 4.97. The Hall–Kier alpha value is -3.56. The van der Waals surface area contributed by atoms with Crippen molar-refractivity contribution in [2.45, 2.75) is 45.2 Å². The molecule has 1 amide bonds. The highest BCUT2D eigenvalue weighted by Gasteiger charge is 2.71. The first-order valence-corrected chi connectivity index (χ1v) is 11.9. The number of aromatic nitrogens is 4. The third-order valence-corrected chi connectivity index (χ3v) is 7.61. The number of rotatable bonds is 5. The van der Waals surface area contributed by atoms with Crippen LogP contribution in [0.3, 0.4) is 0 Å². The quantitative estimate of drug-likeness (QED) is 0.583. The minimum Gasteiger partial charge on any atom is -0.383 e. The van der Waals surface area contributed by atoms with E-state index in [0.29, 0.717) is 31.0 Å². The molecule has 10 heteroatoms. The fourth-order valence-corrected chi connectivity index (χ4v) is 5.53. The van der Waals surface area contributed by atoms with Crippen molar-refractivity contribution < 1.29 is 13.6 Å². The smallest absolute Gasteiger partial charge is 0.258 e. The van der Waals surface area contributed by atoms with Crippen LogP contribution < -0.4 is 16.0 Å². The summed E-state index contributed by atoms with van der Waals surface area (Å²) in [5, 5.41) is 7.46. The first kappa shape index (κ1) is 21.9. The Bertz CT molecular complexity index is 1320. The number of alkyl halides is 2. The van der Waals surface area contributed by atoms with E-state index in [1.165, 1.54) is 0 Å². The second kappa shape index (κ2) is 7.73. The molecule has 2 aliphatic carbocycles. The van der Waals surface area contributed by atoms with Crippen molar-refractivity contribution in [1.29, 1.82) is 0 Å². The Kier molecular flexibility index (Phi) is 4.84. The van der Waals surface area contributed by atoms with Crippen molar-refractivity contribution in [3.63, 3.8) is 0 Å². The molecule has 1 saturated carbocycles. The van der Waals surface area contributed by atoms with Crippen molar-refractivity contribution in [3.8, 4) is 0 Å². The number of nitrogens with two attached hydrogens (primary N) is 1. The summed E-state index contributed by atoms with van der Waals surface area (Å²) in [5.41, 5.74) is 11.2. The molecule has 1 aliphatic heterocycles. The molecular formula is C25H27F2N7O. The van der Waals surface area contributed by atoms with Crippen LogP contribution in [-0.4, -0.2) is 44.7 Å². The van der Waals surface area contributed by atoms with Crippen LogP contribution in [0.5, 0.6) is 0 Å². The zero-order valence-electron chi connectivity index (χ0n) is 19.6. The van der Waals surface area contributed by atoms with Crippen molar-refractivity contribution >= 4 is 17.5 Å². The third kappa shape index (κ3) is 3.71. The average Bonchev–Trinajstić information content (AvgIpc) is 3.36. The maximum atomic E-state index is 13.5. The summed E-state index contributed by atoms with van der Waals surface area (Å²) in [6, 6.07) is 5.73. The zero-order valence-corrected chi connectivity index (χ0v) is 19.6. The van der Waals surface area contributed by atoms with Gasteiger partial charge < -0.3 is 16.0 Å². The van der Waals surface area contributed by atoms with Crippen molar-refractivity contribution in [1.82, 2.24) is 25.1 Å². The van der Waals surface area contributed by atoms with Gasteiger partial charge in [0.2, 0.25) is 0 Å². The van der Waals surface area contributed by atoms with Crippen LogP contribution in [0.4, 0.5) is 20.4 Å².